The Morgan fingerprint density at radius 2 is 1.64 bits per heavy atom. The van der Waals surface area contributed by atoms with E-state index in [1.165, 1.54) is 6.92 Å². The first kappa shape index (κ1) is 18.7. The molecule has 0 fully saturated rings. The second-order valence-corrected chi connectivity index (χ2v) is 6.27. The maximum absolute atomic E-state index is 12.8. The molecule has 0 N–H and O–H groups in total. The standard InChI is InChI=1S/C21H26N2O2/c1-5-22(14-19-9-7-6-8-10-19)21(25)15-23(18(4)24)20-12-11-16(2)17(3)13-20/h6-13H,5,14-15H2,1-4H3. The van der Waals surface area contributed by atoms with Crippen LogP contribution in [-0.4, -0.2) is 29.8 Å². The van der Waals surface area contributed by atoms with Crippen molar-refractivity contribution in [3.05, 3.63) is 65.2 Å². The average molecular weight is 338 g/mol. The molecule has 0 aliphatic rings. The Morgan fingerprint density at radius 1 is 0.960 bits per heavy atom. The van der Waals surface area contributed by atoms with Crippen molar-refractivity contribution >= 4 is 17.5 Å². The number of carbonyl (C=O) groups excluding carboxylic acids is 2. The van der Waals surface area contributed by atoms with Gasteiger partial charge in [0.1, 0.15) is 6.54 Å². The molecule has 0 atom stereocenters. The summed E-state index contributed by atoms with van der Waals surface area (Å²) >= 11 is 0. The average Bonchev–Trinajstić information content (AvgIpc) is 2.60. The van der Waals surface area contributed by atoms with Crippen molar-refractivity contribution in [3.63, 3.8) is 0 Å². The van der Waals surface area contributed by atoms with Gasteiger partial charge < -0.3 is 9.80 Å². The highest BCUT2D eigenvalue weighted by Gasteiger charge is 2.20. The molecule has 4 nitrogen and oxygen atoms in total. The number of hydrogen-bond acceptors (Lipinski definition) is 2. The number of aryl methyl sites for hydroxylation is 2. The van der Waals surface area contributed by atoms with E-state index in [9.17, 15) is 9.59 Å². The van der Waals surface area contributed by atoms with E-state index in [0.717, 1.165) is 22.4 Å². The fraction of sp³-hybridized carbons (Fsp3) is 0.333. The van der Waals surface area contributed by atoms with Crippen molar-refractivity contribution in [2.75, 3.05) is 18.0 Å². The number of benzene rings is 2. The van der Waals surface area contributed by atoms with Crippen molar-refractivity contribution < 1.29 is 9.59 Å². The topological polar surface area (TPSA) is 40.6 Å². The van der Waals surface area contributed by atoms with Gasteiger partial charge in [0.25, 0.3) is 0 Å². The fourth-order valence-electron chi connectivity index (χ4n) is 2.69. The Hall–Kier alpha value is -2.62. The third-order valence-electron chi connectivity index (χ3n) is 4.43. The predicted molar refractivity (Wildman–Crippen MR) is 101 cm³/mol. The summed E-state index contributed by atoms with van der Waals surface area (Å²) in [4.78, 5) is 28.2. The molecule has 2 aromatic carbocycles. The summed E-state index contributed by atoms with van der Waals surface area (Å²) in [6.07, 6.45) is 0. The molecule has 4 heteroatoms. The molecule has 0 saturated carbocycles. The Morgan fingerprint density at radius 3 is 2.20 bits per heavy atom. The van der Waals surface area contributed by atoms with Crippen molar-refractivity contribution in [1.82, 2.24) is 4.90 Å². The number of rotatable bonds is 6. The van der Waals surface area contributed by atoms with Crippen molar-refractivity contribution in [2.45, 2.75) is 34.2 Å². The van der Waals surface area contributed by atoms with Crippen LogP contribution in [0.4, 0.5) is 5.69 Å². The van der Waals surface area contributed by atoms with Crippen molar-refractivity contribution in [2.24, 2.45) is 0 Å². The van der Waals surface area contributed by atoms with E-state index in [0.29, 0.717) is 13.1 Å². The summed E-state index contributed by atoms with van der Waals surface area (Å²) in [5.74, 6) is -0.188. The predicted octanol–water partition coefficient (Wildman–Crippen LogP) is 3.71. The van der Waals surface area contributed by atoms with Crippen LogP contribution in [0.1, 0.15) is 30.5 Å². The lowest BCUT2D eigenvalue weighted by atomic mass is 10.1. The van der Waals surface area contributed by atoms with E-state index >= 15 is 0 Å². The minimum absolute atomic E-state index is 0.0541. The van der Waals surface area contributed by atoms with Gasteiger partial charge in [0.15, 0.2) is 0 Å². The quantitative estimate of drug-likeness (QED) is 0.806. The van der Waals surface area contributed by atoms with Crippen LogP contribution in [0.25, 0.3) is 0 Å². The van der Waals surface area contributed by atoms with Crippen LogP contribution >= 0.6 is 0 Å². The summed E-state index contributed by atoms with van der Waals surface area (Å²) < 4.78 is 0. The number of likely N-dealkylation sites (N-methyl/N-ethyl adjacent to an activating group) is 1. The maximum Gasteiger partial charge on any atom is 0.242 e. The number of nitrogens with zero attached hydrogens (tertiary/aromatic N) is 2. The van der Waals surface area contributed by atoms with Crippen LogP contribution in [0.15, 0.2) is 48.5 Å². The van der Waals surface area contributed by atoms with Crippen LogP contribution in [0.3, 0.4) is 0 Å². The highest BCUT2D eigenvalue weighted by molar-refractivity contribution is 5.97. The van der Waals surface area contributed by atoms with E-state index in [4.69, 9.17) is 0 Å². The zero-order valence-electron chi connectivity index (χ0n) is 15.5. The second kappa shape index (κ2) is 8.47. The van der Waals surface area contributed by atoms with Crippen LogP contribution in [0.5, 0.6) is 0 Å². The van der Waals surface area contributed by atoms with Gasteiger partial charge in [-0.1, -0.05) is 36.4 Å². The molecule has 132 valence electrons. The number of carbonyl (C=O) groups is 2. The summed E-state index contributed by atoms with van der Waals surface area (Å²) in [5, 5.41) is 0. The maximum atomic E-state index is 12.8. The first-order valence-corrected chi connectivity index (χ1v) is 8.59. The summed E-state index contributed by atoms with van der Waals surface area (Å²) in [7, 11) is 0. The van der Waals surface area contributed by atoms with Crippen LogP contribution in [0, 0.1) is 13.8 Å². The van der Waals surface area contributed by atoms with Gasteiger partial charge in [0, 0.05) is 25.7 Å². The Kier molecular flexibility index (Phi) is 6.34. The largest absolute Gasteiger partial charge is 0.337 e. The van der Waals surface area contributed by atoms with E-state index in [-0.39, 0.29) is 18.4 Å². The normalized spacial score (nSPS) is 10.4. The lowest BCUT2D eigenvalue weighted by molar-refractivity contribution is -0.131. The van der Waals surface area contributed by atoms with E-state index in [2.05, 4.69) is 0 Å². The first-order chi connectivity index (χ1) is 11.9. The molecule has 2 rings (SSSR count). The smallest absolute Gasteiger partial charge is 0.242 e. The molecule has 0 aliphatic carbocycles. The third-order valence-corrected chi connectivity index (χ3v) is 4.43. The summed E-state index contributed by atoms with van der Waals surface area (Å²) in [5.41, 5.74) is 4.11. The summed E-state index contributed by atoms with van der Waals surface area (Å²) in [6, 6.07) is 15.7. The lowest BCUT2D eigenvalue weighted by Gasteiger charge is -2.26. The molecule has 0 aliphatic heterocycles. The Bertz CT molecular complexity index is 741. The highest BCUT2D eigenvalue weighted by atomic mass is 16.2. The minimum Gasteiger partial charge on any atom is -0.337 e. The SMILES string of the molecule is CCN(Cc1ccccc1)C(=O)CN(C(C)=O)c1ccc(C)c(C)c1. The van der Waals surface area contributed by atoms with Gasteiger partial charge in [-0.3, -0.25) is 9.59 Å². The van der Waals surface area contributed by atoms with Crippen molar-refractivity contribution in [3.8, 4) is 0 Å². The van der Waals surface area contributed by atoms with Gasteiger partial charge in [-0.25, -0.2) is 0 Å². The molecule has 2 amide bonds. The monoisotopic (exact) mass is 338 g/mol. The van der Waals surface area contributed by atoms with Gasteiger partial charge in [0.2, 0.25) is 11.8 Å². The molecule has 25 heavy (non-hydrogen) atoms. The number of hydrogen-bond donors (Lipinski definition) is 0. The molecular formula is C21H26N2O2. The number of amides is 2. The lowest BCUT2D eigenvalue weighted by Crippen LogP contribution is -2.42. The van der Waals surface area contributed by atoms with Crippen LogP contribution in [0.2, 0.25) is 0 Å². The van der Waals surface area contributed by atoms with Crippen LogP contribution < -0.4 is 4.90 Å². The van der Waals surface area contributed by atoms with E-state index in [1.54, 1.807) is 9.80 Å². The third kappa shape index (κ3) is 4.92. The Balaban J connectivity index is 2.15. The van der Waals surface area contributed by atoms with E-state index in [1.807, 2.05) is 69.3 Å². The molecule has 0 heterocycles. The summed E-state index contributed by atoms with van der Waals surface area (Å²) in [6.45, 7) is 8.69. The number of anilines is 1. The van der Waals surface area contributed by atoms with Gasteiger partial charge >= 0.3 is 0 Å². The fourth-order valence-corrected chi connectivity index (χ4v) is 2.69. The molecular weight excluding hydrogens is 312 g/mol. The molecule has 2 aromatic rings. The van der Waals surface area contributed by atoms with Gasteiger partial charge in [-0.2, -0.15) is 0 Å². The zero-order valence-corrected chi connectivity index (χ0v) is 15.5. The van der Waals surface area contributed by atoms with Gasteiger partial charge in [-0.15, -0.1) is 0 Å². The second-order valence-electron chi connectivity index (χ2n) is 6.27. The van der Waals surface area contributed by atoms with E-state index < -0.39 is 0 Å². The molecule has 0 saturated heterocycles. The molecule has 0 unspecified atom stereocenters. The van der Waals surface area contributed by atoms with Crippen LogP contribution in [-0.2, 0) is 16.1 Å². The zero-order chi connectivity index (χ0) is 18.4. The van der Waals surface area contributed by atoms with Crippen molar-refractivity contribution in [1.29, 1.82) is 0 Å². The van der Waals surface area contributed by atoms with Gasteiger partial charge in [0.05, 0.1) is 0 Å². The first-order valence-electron chi connectivity index (χ1n) is 8.59. The minimum atomic E-state index is -0.132. The van der Waals surface area contributed by atoms with Gasteiger partial charge in [-0.05, 0) is 49.6 Å². The molecule has 0 aromatic heterocycles. The molecule has 0 spiro atoms. The molecule has 0 radical (unpaired) electrons. The highest BCUT2D eigenvalue weighted by Crippen LogP contribution is 2.19. The molecule has 0 bridgehead atoms. The Labute approximate surface area is 150 Å².